The highest BCUT2D eigenvalue weighted by atomic mass is 127. The van der Waals surface area contributed by atoms with E-state index in [0.29, 0.717) is 0 Å². The Bertz CT molecular complexity index is 194. The lowest BCUT2D eigenvalue weighted by atomic mass is 10.1. The van der Waals surface area contributed by atoms with Gasteiger partial charge in [0.2, 0.25) is 0 Å². The molecule has 0 spiro atoms. The summed E-state index contributed by atoms with van der Waals surface area (Å²) in [6.45, 7) is 8.71. The fourth-order valence-corrected chi connectivity index (χ4v) is 2.37. The summed E-state index contributed by atoms with van der Waals surface area (Å²) >= 11 is 8.11. The first kappa shape index (κ1) is 14.6. The number of rotatable bonds is 5. The van der Waals surface area contributed by atoms with Crippen molar-refractivity contribution >= 4 is 34.2 Å². The molecule has 0 rings (SSSR count). The van der Waals surface area contributed by atoms with Gasteiger partial charge in [-0.05, 0) is 46.1 Å². The first-order valence-corrected chi connectivity index (χ1v) is 7.05. The largest absolute Gasteiger partial charge is 0.384 e. The molecule has 1 nitrogen and oxygen atoms in total. The van der Waals surface area contributed by atoms with Crippen LogP contribution in [0.2, 0.25) is 0 Å². The highest BCUT2D eigenvalue weighted by Gasteiger charge is 2.10. The average Bonchev–Trinajstić information content (AvgIpc) is 2.02. The summed E-state index contributed by atoms with van der Waals surface area (Å²) in [5.74, 6) is 0.753. The van der Waals surface area contributed by atoms with E-state index in [1.165, 1.54) is 11.3 Å². The molecular weight excluding hydrogens is 308 g/mol. The lowest BCUT2D eigenvalue weighted by Crippen LogP contribution is -2.35. The molecule has 84 valence electrons. The van der Waals surface area contributed by atoms with E-state index in [-0.39, 0.29) is 5.54 Å². The quantitative estimate of drug-likeness (QED) is 0.591. The Kier molecular flexibility index (Phi) is 7.21. The Balaban J connectivity index is 4.34. The van der Waals surface area contributed by atoms with Gasteiger partial charge in [0.1, 0.15) is 0 Å². The predicted molar refractivity (Wildman–Crippen MR) is 74.4 cm³/mol. The molecular formula is C11H21ClIN. The standard InChI is InChI=1S/C11H21ClIN/c1-9(14-11(2,3)4)10(8-13)6-5-7-12/h14H,5-8H2,1-4H3/b10-9-. The third-order valence-electron chi connectivity index (χ3n) is 1.87. The van der Waals surface area contributed by atoms with Gasteiger partial charge in [-0.1, -0.05) is 22.6 Å². The van der Waals surface area contributed by atoms with E-state index in [1.807, 2.05) is 0 Å². The minimum atomic E-state index is 0.155. The Morgan fingerprint density at radius 3 is 2.29 bits per heavy atom. The zero-order valence-electron chi connectivity index (χ0n) is 9.58. The summed E-state index contributed by atoms with van der Waals surface area (Å²) in [4.78, 5) is 0. The lowest BCUT2D eigenvalue weighted by Gasteiger charge is -2.24. The molecule has 0 aliphatic heterocycles. The zero-order valence-corrected chi connectivity index (χ0v) is 12.5. The van der Waals surface area contributed by atoms with Gasteiger partial charge in [0.05, 0.1) is 0 Å². The number of alkyl halides is 2. The van der Waals surface area contributed by atoms with Crippen LogP contribution in [0.25, 0.3) is 0 Å². The van der Waals surface area contributed by atoms with Crippen LogP contribution in [-0.4, -0.2) is 15.8 Å². The number of nitrogens with one attached hydrogen (secondary N) is 1. The Hall–Kier alpha value is 0.560. The summed E-state index contributed by atoms with van der Waals surface area (Å²) in [6, 6.07) is 0. The monoisotopic (exact) mass is 329 g/mol. The number of allylic oxidation sites excluding steroid dienone is 2. The van der Waals surface area contributed by atoms with Gasteiger partial charge in [-0.3, -0.25) is 0 Å². The summed E-state index contributed by atoms with van der Waals surface area (Å²) in [7, 11) is 0. The molecule has 14 heavy (non-hydrogen) atoms. The van der Waals surface area contributed by atoms with Crippen molar-refractivity contribution in [2.75, 3.05) is 10.3 Å². The first-order valence-electron chi connectivity index (χ1n) is 4.99. The highest BCUT2D eigenvalue weighted by Crippen LogP contribution is 2.15. The lowest BCUT2D eigenvalue weighted by molar-refractivity contribution is 0.470. The minimum absolute atomic E-state index is 0.155. The summed E-state index contributed by atoms with van der Waals surface area (Å²) < 4.78 is 1.09. The Morgan fingerprint density at radius 2 is 1.93 bits per heavy atom. The van der Waals surface area contributed by atoms with E-state index < -0.39 is 0 Å². The van der Waals surface area contributed by atoms with Gasteiger partial charge in [-0.15, -0.1) is 11.6 Å². The van der Waals surface area contributed by atoms with E-state index in [0.717, 1.165) is 23.1 Å². The van der Waals surface area contributed by atoms with E-state index >= 15 is 0 Å². The van der Waals surface area contributed by atoms with Gasteiger partial charge in [-0.2, -0.15) is 0 Å². The maximum Gasteiger partial charge on any atom is 0.0286 e. The number of halogens is 2. The van der Waals surface area contributed by atoms with Crippen molar-refractivity contribution in [3.63, 3.8) is 0 Å². The molecule has 0 atom stereocenters. The minimum Gasteiger partial charge on any atom is -0.384 e. The predicted octanol–water partition coefficient (Wildman–Crippen LogP) is 4.10. The van der Waals surface area contributed by atoms with E-state index in [1.54, 1.807) is 0 Å². The van der Waals surface area contributed by atoms with E-state index in [9.17, 15) is 0 Å². The summed E-state index contributed by atoms with van der Waals surface area (Å²) in [5.41, 5.74) is 2.96. The van der Waals surface area contributed by atoms with Crippen LogP contribution in [-0.2, 0) is 0 Å². The van der Waals surface area contributed by atoms with E-state index in [4.69, 9.17) is 11.6 Å². The van der Waals surface area contributed by atoms with Crippen molar-refractivity contribution in [2.24, 2.45) is 0 Å². The second kappa shape index (κ2) is 6.94. The molecule has 0 saturated heterocycles. The number of hydrogen-bond donors (Lipinski definition) is 1. The van der Waals surface area contributed by atoms with Crippen molar-refractivity contribution in [3.8, 4) is 0 Å². The third-order valence-corrected chi connectivity index (χ3v) is 3.05. The topological polar surface area (TPSA) is 12.0 Å². The Morgan fingerprint density at radius 1 is 1.36 bits per heavy atom. The molecule has 0 aliphatic carbocycles. The second-order valence-electron chi connectivity index (χ2n) is 4.53. The molecule has 0 heterocycles. The van der Waals surface area contributed by atoms with Crippen LogP contribution >= 0.6 is 34.2 Å². The molecule has 1 N–H and O–H groups in total. The normalized spacial score (nSPS) is 13.9. The van der Waals surface area contributed by atoms with Gasteiger partial charge < -0.3 is 5.32 Å². The molecule has 3 heteroatoms. The molecule has 0 aromatic carbocycles. The van der Waals surface area contributed by atoms with Crippen molar-refractivity contribution in [3.05, 3.63) is 11.3 Å². The fraction of sp³-hybridized carbons (Fsp3) is 0.818. The molecule has 0 saturated carbocycles. The van der Waals surface area contributed by atoms with Crippen LogP contribution in [0.15, 0.2) is 11.3 Å². The van der Waals surface area contributed by atoms with Crippen molar-refractivity contribution < 1.29 is 0 Å². The molecule has 0 fully saturated rings. The third kappa shape index (κ3) is 6.93. The van der Waals surface area contributed by atoms with Crippen LogP contribution in [0.4, 0.5) is 0 Å². The molecule has 0 aromatic rings. The average molecular weight is 330 g/mol. The van der Waals surface area contributed by atoms with Gasteiger partial charge in [0.15, 0.2) is 0 Å². The fourth-order valence-electron chi connectivity index (χ4n) is 1.29. The zero-order chi connectivity index (χ0) is 11.2. The van der Waals surface area contributed by atoms with E-state index in [2.05, 4.69) is 55.6 Å². The molecule has 0 bridgehead atoms. The summed E-state index contributed by atoms with van der Waals surface area (Å²) in [5, 5.41) is 3.51. The van der Waals surface area contributed by atoms with Crippen LogP contribution in [0.5, 0.6) is 0 Å². The molecule has 0 aliphatic rings. The molecule has 0 unspecified atom stereocenters. The maximum atomic E-state index is 5.69. The van der Waals surface area contributed by atoms with Gasteiger partial charge in [0.25, 0.3) is 0 Å². The van der Waals surface area contributed by atoms with Crippen LogP contribution in [0, 0.1) is 0 Å². The molecule has 0 aromatic heterocycles. The van der Waals surface area contributed by atoms with Crippen LogP contribution in [0.3, 0.4) is 0 Å². The summed E-state index contributed by atoms with van der Waals surface area (Å²) in [6.07, 6.45) is 2.18. The van der Waals surface area contributed by atoms with Gasteiger partial charge in [0, 0.05) is 21.5 Å². The molecule has 0 amide bonds. The van der Waals surface area contributed by atoms with Crippen molar-refractivity contribution in [1.29, 1.82) is 0 Å². The molecule has 0 radical (unpaired) electrons. The van der Waals surface area contributed by atoms with Gasteiger partial charge >= 0.3 is 0 Å². The first-order chi connectivity index (χ1) is 6.40. The van der Waals surface area contributed by atoms with Crippen molar-refractivity contribution in [2.45, 2.75) is 46.1 Å². The smallest absolute Gasteiger partial charge is 0.0286 e. The second-order valence-corrected chi connectivity index (χ2v) is 5.67. The number of hydrogen-bond acceptors (Lipinski definition) is 1. The van der Waals surface area contributed by atoms with Gasteiger partial charge in [-0.25, -0.2) is 0 Å². The van der Waals surface area contributed by atoms with Crippen LogP contribution < -0.4 is 5.32 Å². The SMILES string of the molecule is C/C(NC(C)(C)C)=C(/CI)CCCCl. The Labute approximate surface area is 107 Å². The maximum absolute atomic E-state index is 5.69. The van der Waals surface area contributed by atoms with Crippen molar-refractivity contribution in [1.82, 2.24) is 5.32 Å². The van der Waals surface area contributed by atoms with Crippen LogP contribution in [0.1, 0.15) is 40.5 Å². The highest BCUT2D eigenvalue weighted by molar-refractivity contribution is 14.1.